The summed E-state index contributed by atoms with van der Waals surface area (Å²) in [5.74, 6) is -1.59. The van der Waals surface area contributed by atoms with Crippen LogP contribution in [0.15, 0.2) is 0 Å². The van der Waals surface area contributed by atoms with E-state index in [1.54, 1.807) is 0 Å². The Bertz CT molecular complexity index is 291. The van der Waals surface area contributed by atoms with Crippen LogP contribution < -0.4 is 5.32 Å². The maximum Gasteiger partial charge on any atom is 0.307 e. The van der Waals surface area contributed by atoms with E-state index in [4.69, 9.17) is 5.11 Å². The van der Waals surface area contributed by atoms with Gasteiger partial charge in [-0.1, -0.05) is 6.92 Å². The van der Waals surface area contributed by atoms with E-state index in [2.05, 4.69) is 12.2 Å². The number of carbonyl (C=O) groups is 2. The van der Waals surface area contributed by atoms with Gasteiger partial charge < -0.3 is 10.4 Å². The maximum atomic E-state index is 11.7. The Labute approximate surface area is 89.0 Å². The molecule has 1 amide bonds. The molecule has 2 N–H and O–H groups in total. The Morgan fingerprint density at radius 3 is 2.40 bits per heavy atom. The van der Waals surface area contributed by atoms with Crippen LogP contribution in [0.4, 0.5) is 0 Å². The zero-order valence-electron chi connectivity index (χ0n) is 8.95. The van der Waals surface area contributed by atoms with Gasteiger partial charge in [0.15, 0.2) is 0 Å². The number of rotatable bonds is 4. The van der Waals surface area contributed by atoms with Gasteiger partial charge in [0.05, 0.1) is 11.8 Å². The van der Waals surface area contributed by atoms with Gasteiger partial charge in [-0.15, -0.1) is 0 Å². The first kappa shape index (κ1) is 10.5. The van der Waals surface area contributed by atoms with E-state index in [1.165, 1.54) is 6.42 Å². The first-order chi connectivity index (χ1) is 7.08. The summed E-state index contributed by atoms with van der Waals surface area (Å²) in [7, 11) is 0. The molecule has 0 aromatic carbocycles. The predicted octanol–water partition coefficient (Wildman–Crippen LogP) is 1.16. The molecule has 4 nitrogen and oxygen atoms in total. The topological polar surface area (TPSA) is 66.4 Å². The fraction of sp³-hybridized carbons (Fsp3) is 0.818. The number of aliphatic carboxylic acids is 1. The highest BCUT2D eigenvalue weighted by molar-refractivity contribution is 5.89. The fourth-order valence-electron chi connectivity index (χ4n) is 2.28. The van der Waals surface area contributed by atoms with Gasteiger partial charge in [0.2, 0.25) is 5.91 Å². The summed E-state index contributed by atoms with van der Waals surface area (Å²) in [6, 6.07) is 0. The van der Waals surface area contributed by atoms with E-state index in [0.29, 0.717) is 6.42 Å². The number of carboxylic acid groups (broad SMARTS) is 1. The second-order valence-corrected chi connectivity index (χ2v) is 4.76. The first-order valence-corrected chi connectivity index (χ1v) is 5.63. The van der Waals surface area contributed by atoms with Crippen LogP contribution in [0.25, 0.3) is 0 Å². The van der Waals surface area contributed by atoms with Gasteiger partial charge in [-0.25, -0.2) is 0 Å². The molecule has 2 unspecified atom stereocenters. The van der Waals surface area contributed by atoms with Gasteiger partial charge in [0, 0.05) is 5.54 Å². The molecule has 0 aliphatic heterocycles. The van der Waals surface area contributed by atoms with E-state index >= 15 is 0 Å². The minimum Gasteiger partial charge on any atom is -0.481 e. The van der Waals surface area contributed by atoms with Crippen molar-refractivity contribution >= 4 is 11.9 Å². The SMILES string of the molecule is CCC1(NC(=O)C2CC2C(=O)O)CCC1. The second kappa shape index (κ2) is 3.51. The third-order valence-electron chi connectivity index (χ3n) is 3.82. The summed E-state index contributed by atoms with van der Waals surface area (Å²) in [4.78, 5) is 22.3. The normalized spacial score (nSPS) is 31.5. The molecule has 0 radical (unpaired) electrons. The van der Waals surface area contributed by atoms with Crippen molar-refractivity contribution in [1.29, 1.82) is 0 Å². The fourth-order valence-corrected chi connectivity index (χ4v) is 2.28. The predicted molar refractivity (Wildman–Crippen MR) is 54.2 cm³/mol. The van der Waals surface area contributed by atoms with Crippen LogP contribution in [-0.4, -0.2) is 22.5 Å². The number of carbonyl (C=O) groups excluding carboxylic acids is 1. The lowest BCUT2D eigenvalue weighted by Crippen LogP contribution is -2.53. The Kier molecular flexibility index (Phi) is 2.44. The minimum absolute atomic E-state index is 0.0112. The standard InChI is InChI=1S/C11H17NO3/c1-2-11(4-3-5-11)12-9(13)7-6-8(7)10(14)15/h7-8H,2-6H2,1H3,(H,12,13)(H,14,15). The van der Waals surface area contributed by atoms with Crippen molar-refractivity contribution in [1.82, 2.24) is 5.32 Å². The van der Waals surface area contributed by atoms with Crippen molar-refractivity contribution in [2.45, 2.75) is 44.6 Å². The monoisotopic (exact) mass is 211 g/mol. The largest absolute Gasteiger partial charge is 0.481 e. The molecule has 2 atom stereocenters. The van der Waals surface area contributed by atoms with Crippen LogP contribution in [0.5, 0.6) is 0 Å². The number of hydrogen-bond acceptors (Lipinski definition) is 2. The molecule has 84 valence electrons. The van der Waals surface area contributed by atoms with Crippen molar-refractivity contribution in [2.24, 2.45) is 11.8 Å². The lowest BCUT2D eigenvalue weighted by atomic mass is 9.74. The Balaban J connectivity index is 1.86. The Morgan fingerprint density at radius 1 is 1.40 bits per heavy atom. The van der Waals surface area contributed by atoms with Gasteiger partial charge in [-0.2, -0.15) is 0 Å². The summed E-state index contributed by atoms with van der Waals surface area (Å²) >= 11 is 0. The van der Waals surface area contributed by atoms with Gasteiger partial charge >= 0.3 is 5.97 Å². The Morgan fingerprint density at radius 2 is 2.07 bits per heavy atom. The van der Waals surface area contributed by atoms with Gasteiger partial charge in [0.1, 0.15) is 0 Å². The van der Waals surface area contributed by atoms with Crippen LogP contribution >= 0.6 is 0 Å². The molecular formula is C11H17NO3. The maximum absolute atomic E-state index is 11.7. The van der Waals surface area contributed by atoms with Crippen LogP contribution in [0.1, 0.15) is 39.0 Å². The average molecular weight is 211 g/mol. The van der Waals surface area contributed by atoms with E-state index in [9.17, 15) is 9.59 Å². The minimum atomic E-state index is -0.839. The van der Waals surface area contributed by atoms with E-state index in [0.717, 1.165) is 19.3 Å². The molecular weight excluding hydrogens is 194 g/mol. The van der Waals surface area contributed by atoms with E-state index in [-0.39, 0.29) is 17.4 Å². The summed E-state index contributed by atoms with van der Waals surface area (Å²) in [5, 5.41) is 11.7. The third kappa shape index (κ3) is 1.85. The molecule has 4 heteroatoms. The van der Waals surface area contributed by atoms with Crippen LogP contribution in [-0.2, 0) is 9.59 Å². The molecule has 0 spiro atoms. The highest BCUT2D eigenvalue weighted by atomic mass is 16.4. The zero-order chi connectivity index (χ0) is 11.1. The van der Waals surface area contributed by atoms with Gasteiger partial charge in [-0.05, 0) is 32.1 Å². The molecule has 2 fully saturated rings. The molecule has 0 aromatic heterocycles. The molecule has 2 saturated carbocycles. The van der Waals surface area contributed by atoms with Crippen molar-refractivity contribution in [3.63, 3.8) is 0 Å². The molecule has 0 saturated heterocycles. The number of hydrogen-bond donors (Lipinski definition) is 2. The lowest BCUT2D eigenvalue weighted by molar-refractivity contribution is -0.140. The van der Waals surface area contributed by atoms with E-state index in [1.807, 2.05) is 0 Å². The average Bonchev–Trinajstić information content (AvgIpc) is 2.90. The molecule has 0 aromatic rings. The Hall–Kier alpha value is -1.06. The first-order valence-electron chi connectivity index (χ1n) is 5.63. The molecule has 2 aliphatic rings. The van der Waals surface area contributed by atoms with E-state index < -0.39 is 11.9 Å². The molecule has 0 bridgehead atoms. The van der Waals surface area contributed by atoms with Crippen LogP contribution in [0.3, 0.4) is 0 Å². The summed E-state index contributed by atoms with van der Waals surface area (Å²) in [6.45, 7) is 2.07. The second-order valence-electron chi connectivity index (χ2n) is 4.76. The quantitative estimate of drug-likeness (QED) is 0.733. The number of nitrogens with one attached hydrogen (secondary N) is 1. The van der Waals surface area contributed by atoms with Crippen molar-refractivity contribution in [3.05, 3.63) is 0 Å². The van der Waals surface area contributed by atoms with Crippen LogP contribution in [0.2, 0.25) is 0 Å². The van der Waals surface area contributed by atoms with Gasteiger partial charge in [-0.3, -0.25) is 9.59 Å². The molecule has 2 rings (SSSR count). The summed E-state index contributed by atoms with van der Waals surface area (Å²) in [5.41, 5.74) is -0.0112. The smallest absolute Gasteiger partial charge is 0.307 e. The zero-order valence-corrected chi connectivity index (χ0v) is 8.95. The van der Waals surface area contributed by atoms with Crippen LogP contribution in [0, 0.1) is 11.8 Å². The van der Waals surface area contributed by atoms with Crippen molar-refractivity contribution in [2.75, 3.05) is 0 Å². The highest BCUT2D eigenvalue weighted by Gasteiger charge is 2.50. The lowest BCUT2D eigenvalue weighted by Gasteiger charge is -2.42. The highest BCUT2D eigenvalue weighted by Crippen LogP contribution is 2.41. The number of amides is 1. The third-order valence-corrected chi connectivity index (χ3v) is 3.82. The molecule has 2 aliphatic carbocycles. The molecule has 15 heavy (non-hydrogen) atoms. The number of carboxylic acids is 1. The van der Waals surface area contributed by atoms with Crippen molar-refractivity contribution < 1.29 is 14.7 Å². The van der Waals surface area contributed by atoms with Gasteiger partial charge in [0.25, 0.3) is 0 Å². The summed E-state index contributed by atoms with van der Waals surface area (Å²) in [6.07, 6.45) is 4.71. The van der Waals surface area contributed by atoms with Crippen molar-refractivity contribution in [3.8, 4) is 0 Å². The molecule has 0 heterocycles. The summed E-state index contributed by atoms with van der Waals surface area (Å²) < 4.78 is 0.